The number of rotatable bonds is 4. The van der Waals surface area contributed by atoms with Crippen molar-refractivity contribution in [2.24, 2.45) is 5.92 Å². The molecule has 1 saturated carbocycles. The Morgan fingerprint density at radius 2 is 1.75 bits per heavy atom. The van der Waals surface area contributed by atoms with Crippen molar-refractivity contribution in [2.45, 2.75) is 31.6 Å². The molecule has 0 spiro atoms. The van der Waals surface area contributed by atoms with Crippen LogP contribution in [0.4, 0.5) is 11.5 Å². The lowest BCUT2D eigenvalue weighted by Crippen LogP contribution is -2.38. The lowest BCUT2D eigenvalue weighted by Gasteiger charge is -2.31. The minimum absolute atomic E-state index is 0.00291. The summed E-state index contributed by atoms with van der Waals surface area (Å²) in [7, 11) is 0. The molecule has 7 nitrogen and oxygen atoms in total. The molecule has 0 radical (unpaired) electrons. The number of benzene rings is 1. The van der Waals surface area contributed by atoms with Gasteiger partial charge in [-0.05, 0) is 49.9 Å². The highest BCUT2D eigenvalue weighted by molar-refractivity contribution is 5.93. The Balaban J connectivity index is 1.16. The van der Waals surface area contributed by atoms with Gasteiger partial charge in [0, 0.05) is 36.7 Å². The molecule has 1 aromatic carbocycles. The maximum absolute atomic E-state index is 12.7. The first kappa shape index (κ1) is 17.3. The number of carbonyl (C=O) groups excluding carboxylic acids is 1. The fourth-order valence-corrected chi connectivity index (χ4v) is 3.84. The highest BCUT2D eigenvalue weighted by atomic mass is 16.6. The van der Waals surface area contributed by atoms with Crippen LogP contribution in [0.5, 0.6) is 11.5 Å². The lowest BCUT2D eigenvalue weighted by molar-refractivity contribution is -0.120. The molecule has 0 bridgehead atoms. The Morgan fingerprint density at radius 3 is 2.46 bits per heavy atom. The molecular formula is C21H24N4O3. The second-order valence-electron chi connectivity index (χ2n) is 7.70. The van der Waals surface area contributed by atoms with Crippen LogP contribution in [0.3, 0.4) is 0 Å². The van der Waals surface area contributed by atoms with Crippen LogP contribution in [0.15, 0.2) is 30.3 Å². The number of aromatic nitrogens is 2. The van der Waals surface area contributed by atoms with E-state index in [1.54, 1.807) is 0 Å². The quantitative estimate of drug-likeness (QED) is 0.879. The van der Waals surface area contributed by atoms with Crippen molar-refractivity contribution < 1.29 is 14.3 Å². The molecule has 2 aromatic rings. The average Bonchev–Trinajstić information content (AvgIpc) is 3.59. The summed E-state index contributed by atoms with van der Waals surface area (Å²) in [6, 6.07) is 9.70. The zero-order valence-corrected chi connectivity index (χ0v) is 15.8. The third-order valence-corrected chi connectivity index (χ3v) is 5.67. The van der Waals surface area contributed by atoms with Gasteiger partial charge in [0.25, 0.3) is 0 Å². The monoisotopic (exact) mass is 380 g/mol. The molecule has 1 N–H and O–H groups in total. The highest BCUT2D eigenvalue weighted by Gasteiger charge is 2.28. The van der Waals surface area contributed by atoms with Gasteiger partial charge in [-0.3, -0.25) is 4.79 Å². The molecule has 0 unspecified atom stereocenters. The Bertz CT molecular complexity index is 858. The van der Waals surface area contributed by atoms with Crippen LogP contribution in [0.1, 0.15) is 37.3 Å². The summed E-state index contributed by atoms with van der Waals surface area (Å²) in [5.41, 5.74) is 1.86. The lowest BCUT2D eigenvalue weighted by atomic mass is 9.95. The molecule has 7 heteroatoms. The molecule has 2 aliphatic heterocycles. The molecule has 3 aliphatic rings. The van der Waals surface area contributed by atoms with Crippen LogP contribution in [0, 0.1) is 5.92 Å². The topological polar surface area (TPSA) is 76.6 Å². The molecule has 1 amide bonds. The van der Waals surface area contributed by atoms with Gasteiger partial charge >= 0.3 is 0 Å². The van der Waals surface area contributed by atoms with Crippen LogP contribution in [0.2, 0.25) is 0 Å². The van der Waals surface area contributed by atoms with E-state index >= 15 is 0 Å². The Kier molecular flexibility index (Phi) is 4.50. The number of hydrogen-bond donors (Lipinski definition) is 1. The first-order valence-corrected chi connectivity index (χ1v) is 10.1. The van der Waals surface area contributed by atoms with Gasteiger partial charge in [-0.25, -0.2) is 0 Å². The van der Waals surface area contributed by atoms with Gasteiger partial charge in [0.05, 0.1) is 5.69 Å². The molecule has 146 valence electrons. The standard InChI is InChI=1S/C21H24N4O3/c26-21(22-16-3-5-18-19(13-16)28-12-11-27-18)15-7-9-25(10-8-15)20-6-4-17(23-24-20)14-1-2-14/h3-6,13-15H,1-2,7-12H2,(H,22,26). The summed E-state index contributed by atoms with van der Waals surface area (Å²) in [6.07, 6.45) is 4.08. The number of nitrogens with zero attached hydrogens (tertiary/aromatic N) is 3. The molecule has 1 aliphatic carbocycles. The number of hydrogen-bond acceptors (Lipinski definition) is 6. The van der Waals surface area contributed by atoms with Crippen molar-refractivity contribution in [3.8, 4) is 11.5 Å². The number of amides is 1. The van der Waals surface area contributed by atoms with Gasteiger partial charge in [-0.15, -0.1) is 5.10 Å². The highest BCUT2D eigenvalue weighted by Crippen LogP contribution is 2.39. The summed E-state index contributed by atoms with van der Waals surface area (Å²) >= 11 is 0. The Hall–Kier alpha value is -2.83. The zero-order valence-electron chi connectivity index (χ0n) is 15.8. The molecular weight excluding hydrogens is 356 g/mol. The number of carbonyl (C=O) groups is 1. The third-order valence-electron chi connectivity index (χ3n) is 5.67. The summed E-state index contributed by atoms with van der Waals surface area (Å²) in [5, 5.41) is 11.8. The largest absolute Gasteiger partial charge is 0.486 e. The van der Waals surface area contributed by atoms with Gasteiger partial charge in [0.15, 0.2) is 17.3 Å². The molecule has 0 atom stereocenters. The Labute approximate surface area is 164 Å². The van der Waals surface area contributed by atoms with E-state index in [0.29, 0.717) is 24.9 Å². The fourth-order valence-electron chi connectivity index (χ4n) is 3.84. The van der Waals surface area contributed by atoms with Crippen molar-refractivity contribution in [3.63, 3.8) is 0 Å². The van der Waals surface area contributed by atoms with Gasteiger partial charge < -0.3 is 19.7 Å². The van der Waals surface area contributed by atoms with Gasteiger partial charge in [-0.1, -0.05) is 0 Å². The third kappa shape index (κ3) is 3.61. The van der Waals surface area contributed by atoms with Gasteiger partial charge in [-0.2, -0.15) is 5.10 Å². The zero-order chi connectivity index (χ0) is 18.9. The van der Waals surface area contributed by atoms with Gasteiger partial charge in [0.1, 0.15) is 13.2 Å². The molecule has 2 fully saturated rings. The summed E-state index contributed by atoms with van der Waals surface area (Å²) < 4.78 is 11.1. The van der Waals surface area contributed by atoms with E-state index in [1.165, 1.54) is 12.8 Å². The second kappa shape index (κ2) is 7.30. The van der Waals surface area contributed by atoms with Crippen LogP contribution >= 0.6 is 0 Å². The molecule has 28 heavy (non-hydrogen) atoms. The van der Waals surface area contributed by atoms with Crippen molar-refractivity contribution in [2.75, 3.05) is 36.5 Å². The van der Waals surface area contributed by atoms with Crippen LogP contribution in [-0.4, -0.2) is 42.4 Å². The first-order chi connectivity index (χ1) is 13.8. The smallest absolute Gasteiger partial charge is 0.227 e. The van der Waals surface area contributed by atoms with E-state index in [2.05, 4.69) is 32.5 Å². The van der Waals surface area contributed by atoms with E-state index in [0.717, 1.165) is 48.9 Å². The van der Waals surface area contributed by atoms with E-state index in [1.807, 2.05) is 18.2 Å². The molecule has 5 rings (SSSR count). The summed E-state index contributed by atoms with van der Waals surface area (Å²) in [5.74, 6) is 3.01. The molecule has 1 saturated heterocycles. The van der Waals surface area contributed by atoms with E-state index in [9.17, 15) is 4.79 Å². The van der Waals surface area contributed by atoms with Gasteiger partial charge in [0.2, 0.25) is 5.91 Å². The second-order valence-corrected chi connectivity index (χ2v) is 7.70. The number of ether oxygens (including phenoxy) is 2. The van der Waals surface area contributed by atoms with Crippen molar-refractivity contribution >= 4 is 17.4 Å². The maximum atomic E-state index is 12.7. The van der Waals surface area contributed by atoms with Crippen LogP contribution in [-0.2, 0) is 4.79 Å². The van der Waals surface area contributed by atoms with Crippen molar-refractivity contribution in [1.82, 2.24) is 10.2 Å². The number of nitrogens with one attached hydrogen (secondary N) is 1. The predicted molar refractivity (Wildman–Crippen MR) is 105 cm³/mol. The normalized spacial score (nSPS) is 19.4. The minimum atomic E-state index is 0.00291. The number of fused-ring (bicyclic) bond motifs is 1. The minimum Gasteiger partial charge on any atom is -0.486 e. The van der Waals surface area contributed by atoms with Crippen molar-refractivity contribution in [3.05, 3.63) is 36.0 Å². The average molecular weight is 380 g/mol. The summed E-state index contributed by atoms with van der Waals surface area (Å²) in [4.78, 5) is 14.9. The SMILES string of the molecule is O=C(Nc1ccc2c(c1)OCCO2)C1CCN(c2ccc(C3CC3)nn2)CC1. The van der Waals surface area contributed by atoms with E-state index in [-0.39, 0.29) is 11.8 Å². The number of anilines is 2. The van der Waals surface area contributed by atoms with Crippen LogP contribution in [0.25, 0.3) is 0 Å². The molecule has 1 aromatic heterocycles. The molecule has 3 heterocycles. The van der Waals surface area contributed by atoms with E-state index < -0.39 is 0 Å². The summed E-state index contributed by atoms with van der Waals surface area (Å²) in [6.45, 7) is 2.73. The first-order valence-electron chi connectivity index (χ1n) is 10.1. The van der Waals surface area contributed by atoms with Crippen LogP contribution < -0.4 is 19.7 Å². The maximum Gasteiger partial charge on any atom is 0.227 e. The van der Waals surface area contributed by atoms with Crippen molar-refractivity contribution in [1.29, 1.82) is 0 Å². The van der Waals surface area contributed by atoms with E-state index in [4.69, 9.17) is 9.47 Å². The predicted octanol–water partition coefficient (Wildman–Crippen LogP) is 2.98. The fraction of sp³-hybridized carbons (Fsp3) is 0.476. The number of piperidine rings is 1. The Morgan fingerprint density at radius 1 is 0.964 bits per heavy atom.